The Bertz CT molecular complexity index is 1240. The first-order valence-corrected chi connectivity index (χ1v) is 8.64. The van der Waals surface area contributed by atoms with E-state index in [1.165, 1.54) is 6.07 Å². The Morgan fingerprint density at radius 1 is 1.24 bits per heavy atom. The van der Waals surface area contributed by atoms with Crippen molar-refractivity contribution in [2.24, 2.45) is 0 Å². The first kappa shape index (κ1) is 18.2. The third-order valence-corrected chi connectivity index (χ3v) is 4.48. The second-order valence-electron chi connectivity index (χ2n) is 6.32. The van der Waals surface area contributed by atoms with Gasteiger partial charge in [-0.2, -0.15) is 0 Å². The number of pyridine rings is 1. The number of furan rings is 1. The molecule has 1 aromatic carbocycles. The number of carbonyl (C=O) groups is 1. The molecule has 9 heteroatoms. The summed E-state index contributed by atoms with van der Waals surface area (Å²) in [4.78, 5) is 26.7. The maximum Gasteiger partial charge on any atom is 0.433 e. The zero-order chi connectivity index (χ0) is 20.5. The van der Waals surface area contributed by atoms with Gasteiger partial charge in [0, 0.05) is 23.5 Å². The Balaban J connectivity index is 1.59. The highest BCUT2D eigenvalue weighted by atomic mass is 16.6. The molecule has 4 rings (SSSR count). The minimum atomic E-state index is -0.693. The fourth-order valence-corrected chi connectivity index (χ4v) is 3.06. The number of nitrogens with one attached hydrogen (secondary N) is 1. The normalized spacial score (nSPS) is 10.8. The highest BCUT2D eigenvalue weighted by Gasteiger charge is 2.18. The lowest BCUT2D eigenvalue weighted by atomic mass is 10.1. The maximum absolute atomic E-state index is 12.3. The number of anilines is 1. The molecule has 0 aliphatic carbocycles. The van der Waals surface area contributed by atoms with Crippen LogP contribution >= 0.6 is 0 Å². The maximum atomic E-state index is 12.3. The van der Waals surface area contributed by atoms with E-state index >= 15 is 0 Å². The molecule has 0 spiro atoms. The third kappa shape index (κ3) is 3.41. The van der Waals surface area contributed by atoms with E-state index in [-0.39, 0.29) is 5.76 Å². The molecule has 9 nitrogen and oxygen atoms in total. The Morgan fingerprint density at radius 3 is 2.76 bits per heavy atom. The van der Waals surface area contributed by atoms with Crippen LogP contribution in [-0.4, -0.2) is 27.3 Å². The molecule has 0 aliphatic rings. The Morgan fingerprint density at radius 2 is 2.07 bits per heavy atom. The van der Waals surface area contributed by atoms with E-state index in [0.29, 0.717) is 5.69 Å². The third-order valence-electron chi connectivity index (χ3n) is 4.48. The van der Waals surface area contributed by atoms with Crippen molar-refractivity contribution in [3.05, 3.63) is 76.3 Å². The number of benzene rings is 1. The van der Waals surface area contributed by atoms with Crippen molar-refractivity contribution in [1.82, 2.24) is 9.38 Å². The molecule has 3 heterocycles. The summed E-state index contributed by atoms with van der Waals surface area (Å²) in [6.07, 6.45) is 3.66. The number of rotatable bonds is 5. The minimum Gasteiger partial charge on any atom is -0.497 e. The lowest BCUT2D eigenvalue weighted by Gasteiger charge is -2.10. The van der Waals surface area contributed by atoms with E-state index in [2.05, 4.69) is 10.3 Å². The lowest BCUT2D eigenvalue weighted by Crippen LogP contribution is -2.11. The van der Waals surface area contributed by atoms with Gasteiger partial charge in [0.25, 0.3) is 5.91 Å². The van der Waals surface area contributed by atoms with Crippen LogP contribution in [0.1, 0.15) is 16.1 Å². The monoisotopic (exact) mass is 392 g/mol. The fraction of sp³-hybridized carbons (Fsp3) is 0.100. The molecule has 0 aliphatic heterocycles. The summed E-state index contributed by atoms with van der Waals surface area (Å²) in [5, 5.41) is 13.4. The van der Waals surface area contributed by atoms with Crippen LogP contribution in [0.3, 0.4) is 0 Å². The van der Waals surface area contributed by atoms with Crippen molar-refractivity contribution in [2.45, 2.75) is 6.92 Å². The van der Waals surface area contributed by atoms with Gasteiger partial charge in [0.2, 0.25) is 0 Å². The molecule has 0 saturated heterocycles. The summed E-state index contributed by atoms with van der Waals surface area (Å²) in [5.41, 5.74) is 4.08. The van der Waals surface area contributed by atoms with Gasteiger partial charge in [-0.3, -0.25) is 19.3 Å². The van der Waals surface area contributed by atoms with Gasteiger partial charge in [0.05, 0.1) is 25.1 Å². The van der Waals surface area contributed by atoms with Gasteiger partial charge in [0.1, 0.15) is 16.3 Å². The smallest absolute Gasteiger partial charge is 0.433 e. The van der Waals surface area contributed by atoms with E-state index in [0.717, 1.165) is 34.3 Å². The van der Waals surface area contributed by atoms with Crippen molar-refractivity contribution in [2.75, 3.05) is 12.4 Å². The largest absolute Gasteiger partial charge is 0.497 e. The van der Waals surface area contributed by atoms with Gasteiger partial charge in [-0.1, -0.05) is 6.07 Å². The number of aromatic nitrogens is 2. The summed E-state index contributed by atoms with van der Waals surface area (Å²) >= 11 is 0. The van der Waals surface area contributed by atoms with Crippen LogP contribution in [0.2, 0.25) is 0 Å². The van der Waals surface area contributed by atoms with Crippen molar-refractivity contribution >= 4 is 23.1 Å². The molecule has 4 aromatic rings. The number of aryl methyl sites for hydroxylation is 1. The topological polar surface area (TPSA) is 112 Å². The molecule has 0 saturated carbocycles. The number of nitrogens with zero attached hydrogens (tertiary/aromatic N) is 3. The molecule has 146 valence electrons. The number of fused-ring (bicyclic) bond motifs is 1. The number of carbonyl (C=O) groups excluding carboxylic acids is 1. The molecule has 0 unspecified atom stereocenters. The Hall–Kier alpha value is -4.14. The number of hydrogen-bond acceptors (Lipinski definition) is 6. The molecule has 1 N–H and O–H groups in total. The molecule has 0 atom stereocenters. The van der Waals surface area contributed by atoms with E-state index in [1.807, 2.05) is 41.8 Å². The summed E-state index contributed by atoms with van der Waals surface area (Å²) in [6.45, 7) is 1.92. The molecular formula is C20H16N4O5. The molecule has 0 fully saturated rings. The van der Waals surface area contributed by atoms with Crippen molar-refractivity contribution in [3.63, 3.8) is 0 Å². The van der Waals surface area contributed by atoms with E-state index in [4.69, 9.17) is 9.15 Å². The molecule has 29 heavy (non-hydrogen) atoms. The predicted octanol–water partition coefficient (Wildman–Crippen LogP) is 4.07. The SMILES string of the molecule is COc1ccn2c(-c3ccc(NC(=O)c4ccc([N+](=O)[O-])o4)cc3C)cnc2c1. The molecular weight excluding hydrogens is 376 g/mol. The van der Waals surface area contributed by atoms with Crippen LogP contribution in [0.4, 0.5) is 11.6 Å². The van der Waals surface area contributed by atoms with Gasteiger partial charge in [0.15, 0.2) is 5.76 Å². The van der Waals surface area contributed by atoms with Crippen LogP contribution in [0, 0.1) is 17.0 Å². The number of imidazole rings is 1. The van der Waals surface area contributed by atoms with Crippen molar-refractivity contribution in [1.29, 1.82) is 0 Å². The summed E-state index contributed by atoms with van der Waals surface area (Å²) in [5.74, 6) is -0.449. The van der Waals surface area contributed by atoms with E-state index in [9.17, 15) is 14.9 Å². The van der Waals surface area contributed by atoms with Gasteiger partial charge in [-0.15, -0.1) is 0 Å². The molecule has 0 radical (unpaired) electrons. The van der Waals surface area contributed by atoms with Crippen molar-refractivity contribution in [3.8, 4) is 17.0 Å². The van der Waals surface area contributed by atoms with Crippen LogP contribution < -0.4 is 10.1 Å². The zero-order valence-corrected chi connectivity index (χ0v) is 15.6. The Kier molecular flexibility index (Phi) is 4.47. The van der Waals surface area contributed by atoms with Crippen LogP contribution in [-0.2, 0) is 0 Å². The lowest BCUT2D eigenvalue weighted by molar-refractivity contribution is -0.402. The quantitative estimate of drug-likeness (QED) is 0.405. The summed E-state index contributed by atoms with van der Waals surface area (Å²) in [7, 11) is 1.60. The van der Waals surface area contributed by atoms with Gasteiger partial charge in [-0.05, 0) is 36.8 Å². The second-order valence-corrected chi connectivity index (χ2v) is 6.32. The van der Waals surface area contributed by atoms with Crippen LogP contribution in [0.5, 0.6) is 5.75 Å². The number of ether oxygens (including phenoxy) is 1. The first-order chi connectivity index (χ1) is 14.0. The van der Waals surface area contributed by atoms with Crippen LogP contribution in [0.25, 0.3) is 16.9 Å². The minimum absolute atomic E-state index is 0.130. The molecule has 3 aromatic heterocycles. The summed E-state index contributed by atoms with van der Waals surface area (Å²) in [6, 6.07) is 11.5. The molecule has 0 bridgehead atoms. The summed E-state index contributed by atoms with van der Waals surface area (Å²) < 4.78 is 12.1. The standard InChI is InChI=1S/C20H16N4O5/c1-12-9-13(22-20(25)17-5-6-19(29-17)24(26)27)3-4-15(12)16-11-21-18-10-14(28-2)7-8-23(16)18/h3-11H,1-2H3,(H,22,25). The average Bonchev–Trinajstić information content (AvgIpc) is 3.35. The van der Waals surface area contributed by atoms with E-state index in [1.54, 1.807) is 19.4 Å². The average molecular weight is 392 g/mol. The highest BCUT2D eigenvalue weighted by molar-refractivity contribution is 6.02. The number of hydrogen-bond donors (Lipinski definition) is 1. The number of amides is 1. The van der Waals surface area contributed by atoms with Crippen molar-refractivity contribution < 1.29 is 18.9 Å². The number of nitro groups is 1. The van der Waals surface area contributed by atoms with Gasteiger partial charge >= 0.3 is 5.88 Å². The van der Waals surface area contributed by atoms with Crippen LogP contribution in [0.15, 0.2) is 59.3 Å². The first-order valence-electron chi connectivity index (χ1n) is 8.64. The van der Waals surface area contributed by atoms with Gasteiger partial charge < -0.3 is 14.5 Å². The number of methoxy groups -OCH3 is 1. The second kappa shape index (κ2) is 7.12. The van der Waals surface area contributed by atoms with Gasteiger partial charge in [-0.25, -0.2) is 4.98 Å². The fourth-order valence-electron chi connectivity index (χ4n) is 3.06. The Labute approximate surface area is 164 Å². The zero-order valence-electron chi connectivity index (χ0n) is 15.6. The highest BCUT2D eigenvalue weighted by Crippen LogP contribution is 2.28. The molecule has 1 amide bonds. The predicted molar refractivity (Wildman–Crippen MR) is 105 cm³/mol. The van der Waals surface area contributed by atoms with E-state index < -0.39 is 16.7 Å².